The molecule has 2 aliphatic rings. The van der Waals surface area contributed by atoms with Crippen molar-refractivity contribution in [2.75, 3.05) is 11.9 Å². The van der Waals surface area contributed by atoms with Crippen molar-refractivity contribution in [3.05, 3.63) is 42.6 Å². The predicted octanol–water partition coefficient (Wildman–Crippen LogP) is 3.12. The van der Waals surface area contributed by atoms with Crippen molar-refractivity contribution in [1.29, 1.82) is 0 Å². The van der Waals surface area contributed by atoms with Gasteiger partial charge in [0.2, 0.25) is 0 Å². The fourth-order valence-electron chi connectivity index (χ4n) is 4.50. The second-order valence-corrected chi connectivity index (χ2v) is 7.72. The number of pyridine rings is 1. The Morgan fingerprint density at radius 2 is 1.89 bits per heavy atom. The van der Waals surface area contributed by atoms with Gasteiger partial charge in [-0.05, 0) is 49.9 Å². The lowest BCUT2D eigenvalue weighted by Gasteiger charge is -2.36. The molecule has 1 aromatic carbocycles. The van der Waals surface area contributed by atoms with E-state index in [1.807, 2.05) is 30.3 Å². The van der Waals surface area contributed by atoms with E-state index < -0.39 is 0 Å². The Bertz CT molecular complexity index is 962. The second-order valence-electron chi connectivity index (χ2n) is 7.72. The van der Waals surface area contributed by atoms with E-state index in [0.717, 1.165) is 29.6 Å². The minimum absolute atomic E-state index is 0.173. The first-order valence-corrected chi connectivity index (χ1v) is 9.58. The number of hydrogen-bond donors (Lipinski definition) is 2. The maximum atomic E-state index is 10.4. The molecule has 1 unspecified atom stereocenters. The number of aromatic nitrogens is 3. The van der Waals surface area contributed by atoms with Crippen LogP contribution >= 0.6 is 0 Å². The summed E-state index contributed by atoms with van der Waals surface area (Å²) in [7, 11) is 2.11. The summed E-state index contributed by atoms with van der Waals surface area (Å²) in [5.74, 6) is 1.05. The molecule has 2 saturated heterocycles. The molecule has 3 aromatic rings. The molecular weight excluding hydrogens is 338 g/mol. The van der Waals surface area contributed by atoms with Gasteiger partial charge in [0.05, 0.1) is 11.2 Å². The third-order valence-corrected chi connectivity index (χ3v) is 6.00. The second kappa shape index (κ2) is 6.46. The van der Waals surface area contributed by atoms with Crippen LogP contribution in [-0.4, -0.2) is 45.5 Å². The van der Waals surface area contributed by atoms with Crippen LogP contribution in [0, 0.1) is 0 Å². The SMILES string of the molecule is CN(c1ccc(-c2cc3cccnc3cc2O)nn1)[C@H]1CC2CC[C@H](C1)N2. The average molecular weight is 361 g/mol. The van der Waals surface area contributed by atoms with E-state index in [1.54, 1.807) is 12.3 Å². The molecule has 138 valence electrons. The molecule has 4 heterocycles. The lowest BCUT2D eigenvalue weighted by molar-refractivity contribution is 0.353. The molecule has 0 spiro atoms. The summed E-state index contributed by atoms with van der Waals surface area (Å²) < 4.78 is 0. The summed E-state index contributed by atoms with van der Waals surface area (Å²) in [5, 5.41) is 23.9. The molecule has 2 bridgehead atoms. The monoisotopic (exact) mass is 361 g/mol. The number of phenols is 1. The molecule has 2 aromatic heterocycles. The minimum Gasteiger partial charge on any atom is -0.507 e. The Hall–Kier alpha value is -2.73. The van der Waals surface area contributed by atoms with Crippen LogP contribution in [0.5, 0.6) is 5.75 Å². The summed E-state index contributed by atoms with van der Waals surface area (Å²) in [5.41, 5.74) is 2.11. The van der Waals surface area contributed by atoms with Crippen LogP contribution < -0.4 is 10.2 Å². The van der Waals surface area contributed by atoms with Gasteiger partial charge in [-0.25, -0.2) is 0 Å². The fraction of sp³-hybridized carbons (Fsp3) is 0.381. The first kappa shape index (κ1) is 16.4. The van der Waals surface area contributed by atoms with E-state index in [-0.39, 0.29) is 5.75 Å². The number of aromatic hydroxyl groups is 1. The van der Waals surface area contributed by atoms with Crippen LogP contribution in [-0.2, 0) is 0 Å². The summed E-state index contributed by atoms with van der Waals surface area (Å²) in [6.07, 6.45) is 6.62. The van der Waals surface area contributed by atoms with Crippen LogP contribution in [0.1, 0.15) is 25.7 Å². The van der Waals surface area contributed by atoms with Gasteiger partial charge in [0.15, 0.2) is 5.82 Å². The highest BCUT2D eigenvalue weighted by atomic mass is 16.3. The molecule has 0 radical (unpaired) electrons. The molecular formula is C21H23N5O. The number of fused-ring (bicyclic) bond motifs is 3. The van der Waals surface area contributed by atoms with Gasteiger partial charge in [0, 0.05) is 48.4 Å². The van der Waals surface area contributed by atoms with Crippen molar-refractivity contribution in [3.63, 3.8) is 0 Å². The third-order valence-electron chi connectivity index (χ3n) is 6.00. The Labute approximate surface area is 158 Å². The van der Waals surface area contributed by atoms with Crippen molar-refractivity contribution in [2.24, 2.45) is 0 Å². The Kier molecular flexibility index (Phi) is 3.93. The molecule has 0 aliphatic carbocycles. The minimum atomic E-state index is 0.173. The highest BCUT2D eigenvalue weighted by Crippen LogP contribution is 2.33. The zero-order chi connectivity index (χ0) is 18.4. The van der Waals surface area contributed by atoms with Crippen molar-refractivity contribution in [1.82, 2.24) is 20.5 Å². The molecule has 2 fully saturated rings. The van der Waals surface area contributed by atoms with Crippen molar-refractivity contribution >= 4 is 16.7 Å². The fourth-order valence-corrected chi connectivity index (χ4v) is 4.50. The van der Waals surface area contributed by atoms with Gasteiger partial charge < -0.3 is 15.3 Å². The molecule has 6 heteroatoms. The number of hydrogen-bond acceptors (Lipinski definition) is 6. The summed E-state index contributed by atoms with van der Waals surface area (Å²) in [6.45, 7) is 0. The molecule has 27 heavy (non-hydrogen) atoms. The van der Waals surface area contributed by atoms with Gasteiger partial charge in [-0.15, -0.1) is 10.2 Å². The first-order chi connectivity index (χ1) is 13.2. The van der Waals surface area contributed by atoms with E-state index in [4.69, 9.17) is 0 Å². The van der Waals surface area contributed by atoms with Crippen LogP contribution in [0.15, 0.2) is 42.6 Å². The standard InChI is InChI=1S/C21H23N5O/c1-26(16-10-14-4-5-15(11-16)23-14)21-7-6-18(24-25-21)17-9-13-3-2-8-22-19(13)12-20(17)27/h2-3,6-9,12,14-16,23,27H,4-5,10-11H2,1H3/t14-,15?,16-/m1/s1. The number of anilines is 1. The largest absolute Gasteiger partial charge is 0.507 e. The topological polar surface area (TPSA) is 74.2 Å². The van der Waals surface area contributed by atoms with Crippen molar-refractivity contribution in [3.8, 4) is 17.0 Å². The average Bonchev–Trinajstić information content (AvgIpc) is 3.04. The number of rotatable bonds is 3. The first-order valence-electron chi connectivity index (χ1n) is 9.58. The van der Waals surface area contributed by atoms with Gasteiger partial charge in [0.1, 0.15) is 5.75 Å². The zero-order valence-electron chi connectivity index (χ0n) is 15.3. The molecule has 3 atom stereocenters. The predicted molar refractivity (Wildman–Crippen MR) is 106 cm³/mol. The number of nitrogens with zero attached hydrogens (tertiary/aromatic N) is 4. The highest BCUT2D eigenvalue weighted by Gasteiger charge is 2.35. The molecule has 6 nitrogen and oxygen atoms in total. The van der Waals surface area contributed by atoms with Gasteiger partial charge in [-0.1, -0.05) is 6.07 Å². The van der Waals surface area contributed by atoms with E-state index in [9.17, 15) is 5.11 Å². The molecule has 2 aliphatic heterocycles. The smallest absolute Gasteiger partial charge is 0.151 e. The Morgan fingerprint density at radius 1 is 1.07 bits per heavy atom. The summed E-state index contributed by atoms with van der Waals surface area (Å²) in [6, 6.07) is 13.2. The van der Waals surface area contributed by atoms with Gasteiger partial charge in [-0.2, -0.15) is 0 Å². The van der Waals surface area contributed by atoms with Crippen LogP contribution in [0.3, 0.4) is 0 Å². The molecule has 5 rings (SSSR count). The third kappa shape index (κ3) is 3.00. The lowest BCUT2D eigenvalue weighted by atomic mass is 9.98. The highest BCUT2D eigenvalue weighted by molar-refractivity contribution is 5.87. The normalized spacial score (nSPS) is 24.3. The van der Waals surface area contributed by atoms with Crippen molar-refractivity contribution < 1.29 is 5.11 Å². The number of benzene rings is 1. The number of phenolic OH excluding ortho intramolecular Hbond substituents is 1. The number of nitrogens with one attached hydrogen (secondary N) is 1. The molecule has 2 N–H and O–H groups in total. The van der Waals surface area contributed by atoms with Gasteiger partial charge in [0.25, 0.3) is 0 Å². The van der Waals surface area contributed by atoms with E-state index >= 15 is 0 Å². The number of piperidine rings is 1. The van der Waals surface area contributed by atoms with E-state index in [2.05, 4.69) is 32.4 Å². The van der Waals surface area contributed by atoms with Crippen LogP contribution in [0.2, 0.25) is 0 Å². The zero-order valence-corrected chi connectivity index (χ0v) is 15.3. The maximum Gasteiger partial charge on any atom is 0.151 e. The Morgan fingerprint density at radius 3 is 2.63 bits per heavy atom. The maximum absolute atomic E-state index is 10.4. The van der Waals surface area contributed by atoms with Crippen LogP contribution in [0.4, 0.5) is 5.82 Å². The van der Waals surface area contributed by atoms with Gasteiger partial charge >= 0.3 is 0 Å². The molecule has 0 saturated carbocycles. The Balaban J connectivity index is 1.41. The van der Waals surface area contributed by atoms with Crippen LogP contribution in [0.25, 0.3) is 22.2 Å². The molecule has 0 amide bonds. The van der Waals surface area contributed by atoms with Crippen molar-refractivity contribution in [2.45, 2.75) is 43.8 Å². The summed E-state index contributed by atoms with van der Waals surface area (Å²) in [4.78, 5) is 6.53. The van der Waals surface area contributed by atoms with E-state index in [1.165, 1.54) is 12.8 Å². The van der Waals surface area contributed by atoms with Gasteiger partial charge in [-0.3, -0.25) is 4.98 Å². The summed E-state index contributed by atoms with van der Waals surface area (Å²) >= 11 is 0. The van der Waals surface area contributed by atoms with E-state index in [0.29, 0.717) is 29.4 Å². The quantitative estimate of drug-likeness (QED) is 0.747. The lowest BCUT2D eigenvalue weighted by Crippen LogP contribution is -2.47.